The van der Waals surface area contributed by atoms with Crippen molar-refractivity contribution in [2.75, 3.05) is 11.9 Å². The van der Waals surface area contributed by atoms with Crippen LogP contribution >= 0.6 is 0 Å². The molecule has 0 unspecified atom stereocenters. The van der Waals surface area contributed by atoms with Gasteiger partial charge in [-0.1, -0.05) is 6.92 Å². The van der Waals surface area contributed by atoms with Gasteiger partial charge in [0, 0.05) is 18.3 Å². The molecule has 0 atom stereocenters. The molecular formula is C13H21N3O2S. The van der Waals surface area contributed by atoms with Crippen molar-refractivity contribution in [3.05, 3.63) is 18.3 Å². The number of rotatable bonds is 6. The molecule has 1 aromatic heterocycles. The topological polar surface area (TPSA) is 71.1 Å². The molecule has 0 saturated heterocycles. The molecule has 1 aliphatic carbocycles. The van der Waals surface area contributed by atoms with E-state index in [1.807, 2.05) is 13.8 Å². The summed E-state index contributed by atoms with van der Waals surface area (Å²) in [5, 5.41) is 3.20. The summed E-state index contributed by atoms with van der Waals surface area (Å²) < 4.78 is 27.6. The molecule has 6 heteroatoms. The van der Waals surface area contributed by atoms with Gasteiger partial charge in [-0.3, -0.25) is 0 Å². The lowest BCUT2D eigenvalue weighted by Crippen LogP contribution is -2.51. The Morgan fingerprint density at radius 2 is 2.16 bits per heavy atom. The van der Waals surface area contributed by atoms with E-state index in [1.54, 1.807) is 12.1 Å². The number of hydrogen-bond acceptors (Lipinski definition) is 4. The Bertz CT molecular complexity index is 539. The fourth-order valence-corrected chi connectivity index (χ4v) is 3.76. The molecule has 0 bridgehead atoms. The maximum absolute atomic E-state index is 12.4. The molecule has 1 heterocycles. The molecule has 19 heavy (non-hydrogen) atoms. The lowest BCUT2D eigenvalue weighted by Gasteiger charge is -2.38. The highest BCUT2D eigenvalue weighted by molar-refractivity contribution is 7.89. The number of aromatic nitrogens is 1. The molecular weight excluding hydrogens is 262 g/mol. The van der Waals surface area contributed by atoms with Gasteiger partial charge >= 0.3 is 0 Å². The number of nitrogens with one attached hydrogen (secondary N) is 2. The van der Waals surface area contributed by atoms with Crippen LogP contribution in [0.1, 0.15) is 39.5 Å². The summed E-state index contributed by atoms with van der Waals surface area (Å²) in [4.78, 5) is 4.03. The van der Waals surface area contributed by atoms with Crippen molar-refractivity contribution >= 4 is 15.7 Å². The second kappa shape index (κ2) is 5.46. The summed E-state index contributed by atoms with van der Waals surface area (Å²) in [5.41, 5.74) is 0.262. The lowest BCUT2D eigenvalue weighted by atomic mass is 9.80. The minimum atomic E-state index is -3.56. The maximum atomic E-state index is 12.4. The lowest BCUT2D eigenvalue weighted by molar-refractivity contribution is 0.248. The molecule has 2 rings (SSSR count). The summed E-state index contributed by atoms with van der Waals surface area (Å²) in [6, 6.07) is 3.49. The van der Waals surface area contributed by atoms with Crippen molar-refractivity contribution in [2.45, 2.75) is 50.1 Å². The third-order valence-corrected chi connectivity index (χ3v) is 5.02. The van der Waals surface area contributed by atoms with E-state index in [4.69, 9.17) is 0 Å². The second-order valence-electron chi connectivity index (χ2n) is 5.30. The fourth-order valence-electron chi connectivity index (χ4n) is 2.18. The van der Waals surface area contributed by atoms with Crippen LogP contribution in [0.2, 0.25) is 0 Å². The Morgan fingerprint density at radius 3 is 2.74 bits per heavy atom. The standard InChI is InChI=1S/C13H21N3O2S/c1-3-9-14-11-6-4-10-15-12(11)19(17,18)16-13(2)7-5-8-13/h4,6,10,14,16H,3,5,7-9H2,1-2H3. The SMILES string of the molecule is CCCNc1cccnc1S(=O)(=O)NC1(C)CCC1. The van der Waals surface area contributed by atoms with E-state index >= 15 is 0 Å². The van der Waals surface area contributed by atoms with Crippen LogP contribution in [0, 0.1) is 0 Å². The van der Waals surface area contributed by atoms with Gasteiger partial charge in [0.2, 0.25) is 0 Å². The Hall–Kier alpha value is -1.14. The monoisotopic (exact) mass is 283 g/mol. The highest BCUT2D eigenvalue weighted by atomic mass is 32.2. The molecule has 0 spiro atoms. The largest absolute Gasteiger partial charge is 0.383 e. The van der Waals surface area contributed by atoms with Crippen LogP contribution in [0.5, 0.6) is 0 Å². The summed E-state index contributed by atoms with van der Waals surface area (Å²) in [6.45, 7) is 4.70. The summed E-state index contributed by atoms with van der Waals surface area (Å²) in [7, 11) is -3.56. The molecule has 0 aliphatic heterocycles. The van der Waals surface area contributed by atoms with Gasteiger partial charge in [-0.15, -0.1) is 0 Å². The van der Waals surface area contributed by atoms with Crippen LogP contribution in [-0.2, 0) is 10.0 Å². The normalized spacial score (nSPS) is 17.8. The van der Waals surface area contributed by atoms with Gasteiger partial charge in [0.25, 0.3) is 10.0 Å². The molecule has 2 N–H and O–H groups in total. The van der Waals surface area contributed by atoms with Crippen molar-refractivity contribution in [2.24, 2.45) is 0 Å². The fraction of sp³-hybridized carbons (Fsp3) is 0.615. The first-order valence-corrected chi connectivity index (χ1v) is 8.18. The van der Waals surface area contributed by atoms with Crippen LogP contribution in [0.15, 0.2) is 23.4 Å². The molecule has 1 fully saturated rings. The van der Waals surface area contributed by atoms with Crippen LogP contribution in [0.25, 0.3) is 0 Å². The molecule has 1 saturated carbocycles. The van der Waals surface area contributed by atoms with Crippen molar-refractivity contribution < 1.29 is 8.42 Å². The zero-order chi connectivity index (χ0) is 13.9. The average molecular weight is 283 g/mol. The first-order chi connectivity index (χ1) is 8.97. The summed E-state index contributed by atoms with van der Waals surface area (Å²) in [6.07, 6.45) is 5.28. The molecule has 1 aliphatic rings. The summed E-state index contributed by atoms with van der Waals surface area (Å²) >= 11 is 0. The molecule has 0 amide bonds. The quantitative estimate of drug-likeness (QED) is 0.839. The zero-order valence-electron chi connectivity index (χ0n) is 11.4. The van der Waals surface area contributed by atoms with E-state index in [0.29, 0.717) is 5.69 Å². The van der Waals surface area contributed by atoms with E-state index in [9.17, 15) is 8.42 Å². The van der Waals surface area contributed by atoms with Gasteiger partial charge in [-0.25, -0.2) is 18.1 Å². The molecule has 1 aromatic rings. The third kappa shape index (κ3) is 3.25. The smallest absolute Gasteiger partial charge is 0.260 e. The molecule has 0 radical (unpaired) electrons. The van der Waals surface area contributed by atoms with Crippen LogP contribution in [-0.4, -0.2) is 25.5 Å². The Morgan fingerprint density at radius 1 is 1.42 bits per heavy atom. The first-order valence-electron chi connectivity index (χ1n) is 6.70. The first kappa shape index (κ1) is 14.3. The number of hydrogen-bond donors (Lipinski definition) is 2. The van der Waals surface area contributed by atoms with Gasteiger partial charge in [-0.05, 0) is 44.7 Å². The van der Waals surface area contributed by atoms with Gasteiger partial charge in [0.15, 0.2) is 5.03 Å². The van der Waals surface area contributed by atoms with Crippen molar-refractivity contribution in [3.8, 4) is 0 Å². The van der Waals surface area contributed by atoms with Gasteiger partial charge in [0.05, 0.1) is 5.69 Å². The van der Waals surface area contributed by atoms with Gasteiger partial charge in [-0.2, -0.15) is 0 Å². The van der Waals surface area contributed by atoms with Crippen molar-refractivity contribution in [1.29, 1.82) is 0 Å². The van der Waals surface area contributed by atoms with E-state index in [2.05, 4.69) is 15.0 Å². The number of anilines is 1. The van der Waals surface area contributed by atoms with E-state index in [1.165, 1.54) is 6.20 Å². The minimum absolute atomic E-state index is 0.0941. The zero-order valence-corrected chi connectivity index (χ0v) is 12.3. The Labute approximate surface area is 114 Å². The van der Waals surface area contributed by atoms with Crippen LogP contribution in [0.4, 0.5) is 5.69 Å². The van der Waals surface area contributed by atoms with Crippen LogP contribution in [0.3, 0.4) is 0 Å². The van der Waals surface area contributed by atoms with Gasteiger partial charge in [0.1, 0.15) is 0 Å². The third-order valence-electron chi connectivity index (χ3n) is 3.43. The van der Waals surface area contributed by atoms with E-state index < -0.39 is 10.0 Å². The highest BCUT2D eigenvalue weighted by Crippen LogP contribution is 2.33. The predicted octanol–water partition coefficient (Wildman–Crippen LogP) is 2.12. The van der Waals surface area contributed by atoms with Gasteiger partial charge < -0.3 is 5.32 Å². The minimum Gasteiger partial charge on any atom is -0.383 e. The number of nitrogens with zero attached hydrogens (tertiary/aromatic N) is 1. The average Bonchev–Trinajstić information content (AvgIpc) is 2.34. The molecule has 5 nitrogen and oxygen atoms in total. The summed E-state index contributed by atoms with van der Waals surface area (Å²) in [5.74, 6) is 0. The second-order valence-corrected chi connectivity index (χ2v) is 6.90. The van der Waals surface area contributed by atoms with Crippen molar-refractivity contribution in [1.82, 2.24) is 9.71 Å². The highest BCUT2D eigenvalue weighted by Gasteiger charge is 2.37. The number of pyridine rings is 1. The van der Waals surface area contributed by atoms with E-state index in [0.717, 1.165) is 32.2 Å². The van der Waals surface area contributed by atoms with Crippen LogP contribution < -0.4 is 10.0 Å². The van der Waals surface area contributed by atoms with Crippen molar-refractivity contribution in [3.63, 3.8) is 0 Å². The maximum Gasteiger partial charge on any atom is 0.260 e. The predicted molar refractivity (Wildman–Crippen MR) is 75.6 cm³/mol. The molecule has 106 valence electrons. The molecule has 0 aromatic carbocycles. The van der Waals surface area contributed by atoms with E-state index in [-0.39, 0.29) is 10.6 Å². The number of sulfonamides is 1. The Balaban J connectivity index is 2.24. The Kier molecular flexibility index (Phi) is 4.10.